The highest BCUT2D eigenvalue weighted by molar-refractivity contribution is 9.10. The zero-order valence-corrected chi connectivity index (χ0v) is 18.0. The predicted molar refractivity (Wildman–Crippen MR) is 116 cm³/mol. The smallest absolute Gasteiger partial charge is 0.416 e. The van der Waals surface area contributed by atoms with Crippen molar-refractivity contribution in [2.45, 2.75) is 6.18 Å². The molecule has 1 aromatic heterocycles. The van der Waals surface area contributed by atoms with E-state index in [1.54, 1.807) is 30.3 Å². The fourth-order valence-corrected chi connectivity index (χ4v) is 3.08. The van der Waals surface area contributed by atoms with Crippen molar-refractivity contribution in [3.8, 4) is 11.5 Å². The third kappa shape index (κ3) is 6.20. The summed E-state index contributed by atoms with van der Waals surface area (Å²) in [5.41, 5.74) is -0.323. The van der Waals surface area contributed by atoms with Crippen LogP contribution in [0.3, 0.4) is 0 Å². The van der Waals surface area contributed by atoms with E-state index in [0.29, 0.717) is 17.2 Å². The minimum Gasteiger partial charge on any atom is -0.457 e. The number of carbonyl (C=O) groups excluding carboxylic acids is 2. The molecule has 3 rings (SSSR count). The zero-order valence-electron chi connectivity index (χ0n) is 16.5. The number of benzene rings is 2. The van der Waals surface area contributed by atoms with E-state index in [1.807, 2.05) is 0 Å². The molecule has 166 valence electrons. The fourth-order valence-electron chi connectivity index (χ4n) is 2.59. The fraction of sp³-hybridized carbons (Fsp3) is 0.0952. The van der Waals surface area contributed by atoms with Gasteiger partial charge in [0.1, 0.15) is 17.2 Å². The monoisotopic (exact) mass is 508 g/mol. The molecule has 2 aromatic carbocycles. The molecule has 3 aromatic rings. The molecule has 1 heterocycles. The molecular weight excluding hydrogens is 493 g/mol. The Labute approximate surface area is 189 Å². The number of nitrogens with one attached hydrogen (secondary N) is 3. The number of hydrogen-bond donors (Lipinski definition) is 3. The van der Waals surface area contributed by atoms with Gasteiger partial charge in [-0.1, -0.05) is 15.9 Å². The maximum Gasteiger partial charge on any atom is 0.416 e. The first-order valence-corrected chi connectivity index (χ1v) is 9.85. The van der Waals surface area contributed by atoms with Crippen molar-refractivity contribution in [2.24, 2.45) is 0 Å². The third-order valence-corrected chi connectivity index (χ3v) is 4.48. The van der Waals surface area contributed by atoms with Gasteiger partial charge in [-0.15, -0.1) is 0 Å². The van der Waals surface area contributed by atoms with Crippen molar-refractivity contribution in [1.82, 2.24) is 10.3 Å². The molecule has 0 bridgehead atoms. The van der Waals surface area contributed by atoms with Crippen molar-refractivity contribution in [2.75, 3.05) is 17.7 Å². The number of amides is 3. The lowest BCUT2D eigenvalue weighted by atomic mass is 10.2. The van der Waals surface area contributed by atoms with Crippen LogP contribution in [0.5, 0.6) is 11.5 Å². The van der Waals surface area contributed by atoms with Crippen LogP contribution in [0.4, 0.5) is 29.3 Å². The van der Waals surface area contributed by atoms with Crippen molar-refractivity contribution in [3.05, 3.63) is 76.5 Å². The van der Waals surface area contributed by atoms with Crippen molar-refractivity contribution in [3.63, 3.8) is 0 Å². The van der Waals surface area contributed by atoms with E-state index in [9.17, 15) is 22.8 Å². The Hall–Kier alpha value is -3.60. The lowest BCUT2D eigenvalue weighted by Crippen LogP contribution is -2.19. The van der Waals surface area contributed by atoms with Crippen molar-refractivity contribution in [1.29, 1.82) is 0 Å². The average Bonchev–Trinajstić information content (AvgIpc) is 2.73. The molecule has 0 spiro atoms. The van der Waals surface area contributed by atoms with Crippen molar-refractivity contribution >= 4 is 39.2 Å². The molecule has 0 saturated carbocycles. The van der Waals surface area contributed by atoms with Gasteiger partial charge in [0, 0.05) is 35.2 Å². The molecule has 0 radical (unpaired) electrons. The summed E-state index contributed by atoms with van der Waals surface area (Å²) in [5, 5.41) is 7.36. The minimum atomic E-state index is -4.54. The van der Waals surface area contributed by atoms with Crippen LogP contribution < -0.4 is 20.7 Å². The van der Waals surface area contributed by atoms with Gasteiger partial charge in [-0.05, 0) is 48.5 Å². The van der Waals surface area contributed by atoms with Gasteiger partial charge in [0.05, 0.1) is 5.56 Å². The first kappa shape index (κ1) is 23.1. The lowest BCUT2D eigenvalue weighted by molar-refractivity contribution is -0.137. The Morgan fingerprint density at radius 2 is 1.62 bits per heavy atom. The second kappa shape index (κ2) is 9.69. The molecule has 11 heteroatoms. The van der Waals surface area contributed by atoms with Crippen LogP contribution in [0.1, 0.15) is 16.1 Å². The molecule has 3 N–H and O–H groups in total. The van der Waals surface area contributed by atoms with E-state index >= 15 is 0 Å². The van der Waals surface area contributed by atoms with Gasteiger partial charge in [-0.25, -0.2) is 4.79 Å². The molecule has 32 heavy (non-hydrogen) atoms. The minimum absolute atomic E-state index is 0.0197. The Morgan fingerprint density at radius 1 is 0.938 bits per heavy atom. The zero-order chi connectivity index (χ0) is 23.3. The number of anilines is 2. The van der Waals surface area contributed by atoms with Crippen LogP contribution in [-0.4, -0.2) is 24.0 Å². The summed E-state index contributed by atoms with van der Waals surface area (Å²) in [7, 11) is 1.49. The van der Waals surface area contributed by atoms with E-state index in [0.717, 1.165) is 12.1 Å². The molecule has 0 unspecified atom stereocenters. The molecule has 3 amide bonds. The first-order chi connectivity index (χ1) is 15.1. The van der Waals surface area contributed by atoms with E-state index in [-0.39, 0.29) is 21.8 Å². The maximum absolute atomic E-state index is 12.9. The summed E-state index contributed by atoms with van der Waals surface area (Å²) < 4.78 is 44.6. The molecule has 0 aliphatic rings. The number of hydrogen-bond acceptors (Lipinski definition) is 4. The lowest BCUT2D eigenvalue weighted by Gasteiger charge is -2.12. The van der Waals surface area contributed by atoms with Crippen LogP contribution in [-0.2, 0) is 6.18 Å². The quantitative estimate of drug-likeness (QED) is 0.414. The number of carbonyl (C=O) groups is 2. The van der Waals surface area contributed by atoms with Crippen LogP contribution in [0.25, 0.3) is 0 Å². The molecule has 7 nitrogen and oxygen atoms in total. The Bertz CT molecular complexity index is 1140. The van der Waals surface area contributed by atoms with Gasteiger partial charge in [0.2, 0.25) is 0 Å². The van der Waals surface area contributed by atoms with E-state index in [4.69, 9.17) is 4.74 Å². The van der Waals surface area contributed by atoms with E-state index in [1.165, 1.54) is 25.4 Å². The highest BCUT2D eigenvalue weighted by atomic mass is 79.9. The molecule has 0 atom stereocenters. The number of urea groups is 1. The van der Waals surface area contributed by atoms with E-state index < -0.39 is 17.8 Å². The number of pyridine rings is 1. The van der Waals surface area contributed by atoms with Crippen LogP contribution >= 0.6 is 15.9 Å². The molecular formula is C21H16BrF3N4O3. The van der Waals surface area contributed by atoms with Crippen LogP contribution in [0.2, 0.25) is 0 Å². The molecule has 0 aliphatic carbocycles. The van der Waals surface area contributed by atoms with Gasteiger partial charge in [0.25, 0.3) is 5.91 Å². The molecule has 0 saturated heterocycles. The predicted octanol–water partition coefficient (Wildman–Crippen LogP) is 5.66. The number of aromatic nitrogens is 1. The summed E-state index contributed by atoms with van der Waals surface area (Å²) in [6.45, 7) is 0. The largest absolute Gasteiger partial charge is 0.457 e. The summed E-state index contributed by atoms with van der Waals surface area (Å²) >= 11 is 3.00. The van der Waals surface area contributed by atoms with Gasteiger partial charge in [-0.2, -0.15) is 13.2 Å². The maximum atomic E-state index is 12.9. The number of alkyl halides is 3. The summed E-state index contributed by atoms with van der Waals surface area (Å²) in [5.74, 6) is 0.479. The van der Waals surface area contributed by atoms with Gasteiger partial charge in [-0.3, -0.25) is 9.78 Å². The standard InChI is InChI=1S/C21H16BrF3N4O3/c1-26-19(30)18-11-17(6-7-27-18)32-16-4-2-14(3-5-16)28-20(31)29-15-9-12(21(23,24)25)8-13(22)10-15/h2-11H,1H3,(H,26,30)(H2,28,29,31). The summed E-state index contributed by atoms with van der Waals surface area (Å²) in [4.78, 5) is 27.8. The second-order valence-corrected chi connectivity index (χ2v) is 7.30. The average molecular weight is 509 g/mol. The Balaban J connectivity index is 1.63. The van der Waals surface area contributed by atoms with E-state index in [2.05, 4.69) is 36.9 Å². The highest BCUT2D eigenvalue weighted by Crippen LogP contribution is 2.33. The van der Waals surface area contributed by atoms with Crippen molar-refractivity contribution < 1.29 is 27.5 Å². The topological polar surface area (TPSA) is 92.4 Å². The number of ether oxygens (including phenoxy) is 1. The SMILES string of the molecule is CNC(=O)c1cc(Oc2ccc(NC(=O)Nc3cc(Br)cc(C(F)(F)F)c3)cc2)ccn1. The summed E-state index contributed by atoms with van der Waals surface area (Å²) in [6, 6.07) is 11.7. The first-order valence-electron chi connectivity index (χ1n) is 9.06. The molecule has 0 fully saturated rings. The number of halogens is 4. The van der Waals surface area contributed by atoms with Gasteiger partial charge in [0.15, 0.2) is 0 Å². The van der Waals surface area contributed by atoms with Crippen LogP contribution in [0, 0.1) is 0 Å². The Morgan fingerprint density at radius 3 is 2.28 bits per heavy atom. The summed E-state index contributed by atoms with van der Waals surface area (Å²) in [6.07, 6.45) is -3.10. The normalized spacial score (nSPS) is 10.9. The van der Waals surface area contributed by atoms with Crippen LogP contribution in [0.15, 0.2) is 65.3 Å². The molecule has 0 aliphatic heterocycles. The van der Waals surface area contributed by atoms with Gasteiger partial charge >= 0.3 is 12.2 Å². The Kier molecular flexibility index (Phi) is 6.98. The third-order valence-electron chi connectivity index (χ3n) is 4.02. The second-order valence-electron chi connectivity index (χ2n) is 6.39. The number of rotatable bonds is 5. The van der Waals surface area contributed by atoms with Gasteiger partial charge < -0.3 is 20.7 Å². The highest BCUT2D eigenvalue weighted by Gasteiger charge is 2.31. The number of nitrogens with zero attached hydrogens (tertiary/aromatic N) is 1.